The molecular weight excluding hydrogens is 415 g/mol. The van der Waals surface area contributed by atoms with Crippen LogP contribution in [0.25, 0.3) is 10.9 Å². The topological polar surface area (TPSA) is 79.1 Å². The lowest BCUT2D eigenvalue weighted by Gasteiger charge is -2.37. The molecule has 1 aliphatic rings. The first-order valence-corrected chi connectivity index (χ1v) is 10.5. The first-order chi connectivity index (χ1) is 14.8. The van der Waals surface area contributed by atoms with E-state index in [-0.39, 0.29) is 10.6 Å². The highest BCUT2D eigenvalue weighted by Crippen LogP contribution is 2.28. The Bertz CT molecular complexity index is 1180. The zero-order valence-electron chi connectivity index (χ0n) is 17.5. The van der Waals surface area contributed by atoms with Crippen molar-refractivity contribution >= 4 is 39.7 Å². The van der Waals surface area contributed by atoms with Crippen LogP contribution in [0.1, 0.15) is 19.4 Å². The fraction of sp³-hybridized carbons (Fsp3) is 0.304. The van der Waals surface area contributed by atoms with E-state index < -0.39 is 5.82 Å². The number of hydrogen-bond donors (Lipinski definition) is 3. The highest BCUT2D eigenvalue weighted by molar-refractivity contribution is 6.31. The number of nitrogens with two attached hydrogens (primary N) is 1. The van der Waals surface area contributed by atoms with Crippen LogP contribution in [0.5, 0.6) is 0 Å². The lowest BCUT2D eigenvalue weighted by atomic mass is 10.0. The molecule has 8 heteroatoms. The van der Waals surface area contributed by atoms with Crippen LogP contribution in [0, 0.1) is 17.7 Å². The second kappa shape index (κ2) is 8.67. The molecular formula is C23H24ClFN6. The van der Waals surface area contributed by atoms with Crippen LogP contribution in [-0.4, -0.2) is 46.6 Å². The van der Waals surface area contributed by atoms with Crippen LogP contribution < -0.4 is 16.4 Å². The summed E-state index contributed by atoms with van der Waals surface area (Å²) in [6.07, 6.45) is 1.47. The molecule has 6 nitrogen and oxygen atoms in total. The molecule has 1 saturated heterocycles. The predicted octanol–water partition coefficient (Wildman–Crippen LogP) is 3.78. The molecule has 0 aliphatic carbocycles. The third kappa shape index (κ3) is 4.72. The summed E-state index contributed by atoms with van der Waals surface area (Å²) >= 11 is 5.88. The van der Waals surface area contributed by atoms with Gasteiger partial charge in [0.1, 0.15) is 18.0 Å². The summed E-state index contributed by atoms with van der Waals surface area (Å²) in [6.45, 7) is 8.11. The van der Waals surface area contributed by atoms with Gasteiger partial charge in [0.25, 0.3) is 0 Å². The minimum atomic E-state index is -0.476. The quantitative estimate of drug-likeness (QED) is 0.426. The molecule has 2 heterocycles. The van der Waals surface area contributed by atoms with Gasteiger partial charge < -0.3 is 16.4 Å². The summed E-state index contributed by atoms with van der Waals surface area (Å²) in [5.74, 6) is 6.70. The van der Waals surface area contributed by atoms with E-state index in [2.05, 4.69) is 51.2 Å². The summed E-state index contributed by atoms with van der Waals surface area (Å²) in [4.78, 5) is 11.0. The SMILES string of the molecule is CC(C)(C#Cc1cc2ncnc(Nc3ccc(F)c(Cl)c3)c2cc1N)N1CCNCC1. The third-order valence-electron chi connectivity index (χ3n) is 5.40. The van der Waals surface area contributed by atoms with E-state index in [1.54, 1.807) is 6.07 Å². The Morgan fingerprint density at radius 2 is 1.97 bits per heavy atom. The zero-order valence-corrected chi connectivity index (χ0v) is 18.2. The molecule has 1 aromatic heterocycles. The number of hydrogen-bond acceptors (Lipinski definition) is 6. The number of nitrogen functional groups attached to an aromatic ring is 1. The summed E-state index contributed by atoms with van der Waals surface area (Å²) < 4.78 is 13.4. The summed E-state index contributed by atoms with van der Waals surface area (Å²) in [5, 5.41) is 7.29. The van der Waals surface area contributed by atoms with E-state index in [0.717, 1.165) is 37.1 Å². The molecule has 0 atom stereocenters. The van der Waals surface area contributed by atoms with Crippen LogP contribution in [-0.2, 0) is 0 Å². The van der Waals surface area contributed by atoms with Crippen LogP contribution in [0.15, 0.2) is 36.7 Å². The van der Waals surface area contributed by atoms with E-state index in [4.69, 9.17) is 17.3 Å². The Morgan fingerprint density at radius 1 is 1.19 bits per heavy atom. The maximum absolute atomic E-state index is 13.4. The van der Waals surface area contributed by atoms with E-state index >= 15 is 0 Å². The molecule has 3 aromatic rings. The number of benzene rings is 2. The van der Waals surface area contributed by atoms with Gasteiger partial charge in [-0.2, -0.15) is 0 Å². The fourth-order valence-corrected chi connectivity index (χ4v) is 3.74. The minimum absolute atomic E-state index is 0.0348. The second-order valence-electron chi connectivity index (χ2n) is 7.98. The molecule has 0 unspecified atom stereocenters. The number of rotatable bonds is 3. The van der Waals surface area contributed by atoms with Crippen LogP contribution in [0.4, 0.5) is 21.6 Å². The number of nitrogens with one attached hydrogen (secondary N) is 2. The minimum Gasteiger partial charge on any atom is -0.398 e. The Labute approximate surface area is 186 Å². The Kier molecular flexibility index (Phi) is 5.96. The van der Waals surface area contributed by atoms with Gasteiger partial charge in [-0.05, 0) is 44.2 Å². The zero-order chi connectivity index (χ0) is 22.0. The third-order valence-corrected chi connectivity index (χ3v) is 5.69. The van der Waals surface area contributed by atoms with Gasteiger partial charge in [0.2, 0.25) is 0 Å². The van der Waals surface area contributed by atoms with Gasteiger partial charge >= 0.3 is 0 Å². The van der Waals surface area contributed by atoms with Gasteiger partial charge in [0.05, 0.1) is 16.1 Å². The van der Waals surface area contributed by atoms with E-state index in [1.807, 2.05) is 12.1 Å². The van der Waals surface area contributed by atoms with Crippen molar-refractivity contribution in [1.29, 1.82) is 0 Å². The number of nitrogens with zero attached hydrogens (tertiary/aromatic N) is 3. The Hall–Kier alpha value is -2.92. The van der Waals surface area contributed by atoms with Gasteiger partial charge in [-0.25, -0.2) is 14.4 Å². The van der Waals surface area contributed by atoms with Gasteiger partial charge in [-0.15, -0.1) is 0 Å². The number of aromatic nitrogens is 2. The lowest BCUT2D eigenvalue weighted by molar-refractivity contribution is 0.149. The van der Waals surface area contributed by atoms with E-state index in [1.165, 1.54) is 18.5 Å². The van der Waals surface area contributed by atoms with E-state index in [0.29, 0.717) is 22.7 Å². The van der Waals surface area contributed by atoms with Crippen LogP contribution >= 0.6 is 11.6 Å². The van der Waals surface area contributed by atoms with E-state index in [9.17, 15) is 4.39 Å². The highest BCUT2D eigenvalue weighted by atomic mass is 35.5. The van der Waals surface area contributed by atoms with Crippen molar-refractivity contribution in [1.82, 2.24) is 20.2 Å². The maximum Gasteiger partial charge on any atom is 0.141 e. The van der Waals surface area contributed by atoms with Crippen molar-refractivity contribution in [2.45, 2.75) is 19.4 Å². The molecule has 0 saturated carbocycles. The molecule has 1 fully saturated rings. The normalized spacial score (nSPS) is 14.8. The molecule has 4 N–H and O–H groups in total. The number of halogens is 2. The number of fused-ring (bicyclic) bond motifs is 1. The number of piperazine rings is 1. The average molecular weight is 439 g/mol. The number of anilines is 3. The molecule has 160 valence electrons. The molecule has 4 rings (SSSR count). The molecule has 1 aliphatic heterocycles. The molecule has 0 spiro atoms. The molecule has 2 aromatic carbocycles. The Morgan fingerprint density at radius 3 is 2.71 bits per heavy atom. The highest BCUT2D eigenvalue weighted by Gasteiger charge is 2.25. The predicted molar refractivity (Wildman–Crippen MR) is 124 cm³/mol. The van der Waals surface area contributed by atoms with Crippen molar-refractivity contribution in [2.24, 2.45) is 0 Å². The van der Waals surface area contributed by atoms with Crippen LogP contribution in [0.3, 0.4) is 0 Å². The van der Waals surface area contributed by atoms with Crippen LogP contribution in [0.2, 0.25) is 5.02 Å². The van der Waals surface area contributed by atoms with Crippen molar-refractivity contribution in [3.63, 3.8) is 0 Å². The Balaban J connectivity index is 1.65. The summed E-state index contributed by atoms with van der Waals surface area (Å²) in [6, 6.07) is 8.08. The smallest absolute Gasteiger partial charge is 0.141 e. The molecule has 0 bridgehead atoms. The standard InChI is InChI=1S/C23H24ClFN6/c1-23(2,31-9-7-27-8-10-31)6-5-15-11-21-17(13-20(15)26)22(29-14-28-21)30-16-3-4-19(25)18(24)12-16/h3-4,11-14,27H,7-10,26H2,1-2H3,(H,28,29,30). The van der Waals surface area contributed by atoms with Gasteiger partial charge in [-0.1, -0.05) is 23.4 Å². The van der Waals surface area contributed by atoms with Gasteiger partial charge in [0, 0.05) is 48.5 Å². The summed E-state index contributed by atoms with van der Waals surface area (Å²) in [5.41, 5.74) is 8.66. The summed E-state index contributed by atoms with van der Waals surface area (Å²) in [7, 11) is 0. The average Bonchev–Trinajstić information content (AvgIpc) is 2.76. The first kappa shape index (κ1) is 21.3. The molecule has 0 radical (unpaired) electrons. The molecule has 0 amide bonds. The van der Waals surface area contributed by atoms with Crippen molar-refractivity contribution in [3.05, 3.63) is 53.1 Å². The molecule has 31 heavy (non-hydrogen) atoms. The largest absolute Gasteiger partial charge is 0.398 e. The fourth-order valence-electron chi connectivity index (χ4n) is 3.56. The van der Waals surface area contributed by atoms with Crippen molar-refractivity contribution in [2.75, 3.05) is 37.2 Å². The first-order valence-electron chi connectivity index (χ1n) is 10.1. The second-order valence-corrected chi connectivity index (χ2v) is 8.39. The van der Waals surface area contributed by atoms with Gasteiger partial charge in [-0.3, -0.25) is 4.90 Å². The van der Waals surface area contributed by atoms with Crippen molar-refractivity contribution in [3.8, 4) is 11.8 Å². The van der Waals surface area contributed by atoms with Gasteiger partial charge in [0.15, 0.2) is 0 Å². The van der Waals surface area contributed by atoms with Crippen molar-refractivity contribution < 1.29 is 4.39 Å². The monoisotopic (exact) mass is 438 g/mol. The maximum atomic E-state index is 13.4. The lowest BCUT2D eigenvalue weighted by Crippen LogP contribution is -2.52.